The molecule has 4 heteroatoms. The highest BCUT2D eigenvalue weighted by molar-refractivity contribution is 5.87. The molecule has 0 saturated heterocycles. The molecule has 19 heavy (non-hydrogen) atoms. The van der Waals surface area contributed by atoms with E-state index in [9.17, 15) is 4.79 Å². The van der Waals surface area contributed by atoms with Crippen LogP contribution in [-0.2, 0) is 4.79 Å². The maximum atomic E-state index is 11.7. The number of carbonyl (C=O) groups excluding carboxylic acids is 1. The van der Waals surface area contributed by atoms with E-state index in [0.717, 1.165) is 12.8 Å². The summed E-state index contributed by atoms with van der Waals surface area (Å²) in [7, 11) is 0. The first-order chi connectivity index (χ1) is 9.26. The molecule has 0 atom stereocenters. The summed E-state index contributed by atoms with van der Waals surface area (Å²) in [5, 5.41) is 17.6. The molecular formula is C15H29NO3. The lowest BCUT2D eigenvalue weighted by Crippen LogP contribution is -2.34. The zero-order valence-corrected chi connectivity index (χ0v) is 12.2. The largest absolute Gasteiger partial charge is 0.395 e. The fourth-order valence-electron chi connectivity index (χ4n) is 1.91. The summed E-state index contributed by atoms with van der Waals surface area (Å²) >= 11 is 0. The Bertz CT molecular complexity index is 236. The summed E-state index contributed by atoms with van der Waals surface area (Å²) in [6.45, 7) is 2.62. The number of carbonyl (C=O) groups is 1. The Morgan fingerprint density at radius 3 is 2.16 bits per heavy atom. The molecule has 0 saturated carbocycles. The van der Waals surface area contributed by atoms with Gasteiger partial charge in [0, 0.05) is 13.1 Å². The minimum absolute atomic E-state index is 0.0724. The number of unbranched alkanes of at least 4 members (excludes halogenated alkanes) is 6. The van der Waals surface area contributed by atoms with Crippen LogP contribution in [0.25, 0.3) is 0 Å². The van der Waals surface area contributed by atoms with E-state index < -0.39 is 0 Å². The van der Waals surface area contributed by atoms with Crippen LogP contribution in [0.5, 0.6) is 0 Å². The lowest BCUT2D eigenvalue weighted by atomic mass is 10.1. The number of hydrogen-bond donors (Lipinski definition) is 2. The van der Waals surface area contributed by atoms with Crippen LogP contribution in [0.3, 0.4) is 0 Å². The van der Waals surface area contributed by atoms with Crippen molar-refractivity contribution in [2.75, 3.05) is 26.3 Å². The monoisotopic (exact) mass is 271 g/mol. The molecule has 0 aromatic carbocycles. The Labute approximate surface area is 117 Å². The minimum atomic E-state index is -0.130. The smallest absolute Gasteiger partial charge is 0.246 e. The second-order valence-corrected chi connectivity index (χ2v) is 4.73. The fourth-order valence-corrected chi connectivity index (χ4v) is 1.91. The Balaban J connectivity index is 3.69. The molecule has 2 N–H and O–H groups in total. The van der Waals surface area contributed by atoms with Gasteiger partial charge in [0.05, 0.1) is 13.2 Å². The van der Waals surface area contributed by atoms with Gasteiger partial charge in [-0.15, -0.1) is 0 Å². The maximum Gasteiger partial charge on any atom is 0.246 e. The van der Waals surface area contributed by atoms with Crippen molar-refractivity contribution in [1.29, 1.82) is 0 Å². The molecular weight excluding hydrogens is 242 g/mol. The van der Waals surface area contributed by atoms with Crippen LogP contribution in [0.1, 0.15) is 51.9 Å². The zero-order chi connectivity index (χ0) is 14.3. The van der Waals surface area contributed by atoms with Gasteiger partial charge in [0.15, 0.2) is 0 Å². The van der Waals surface area contributed by atoms with Crippen LogP contribution in [0, 0.1) is 0 Å². The number of aliphatic hydroxyl groups is 2. The van der Waals surface area contributed by atoms with Crippen molar-refractivity contribution in [3.8, 4) is 0 Å². The van der Waals surface area contributed by atoms with Crippen molar-refractivity contribution in [3.63, 3.8) is 0 Å². The molecule has 0 aliphatic heterocycles. The number of rotatable bonds is 12. The van der Waals surface area contributed by atoms with Gasteiger partial charge in [-0.3, -0.25) is 4.79 Å². The third kappa shape index (κ3) is 10.7. The van der Waals surface area contributed by atoms with Crippen LogP contribution >= 0.6 is 0 Å². The molecule has 0 heterocycles. The minimum Gasteiger partial charge on any atom is -0.395 e. The van der Waals surface area contributed by atoms with Gasteiger partial charge in [0.2, 0.25) is 5.91 Å². The van der Waals surface area contributed by atoms with Crippen molar-refractivity contribution >= 4 is 5.91 Å². The van der Waals surface area contributed by atoms with Gasteiger partial charge in [0.1, 0.15) is 0 Å². The normalized spacial score (nSPS) is 11.1. The zero-order valence-electron chi connectivity index (χ0n) is 12.2. The Hall–Kier alpha value is -0.870. The highest BCUT2D eigenvalue weighted by Crippen LogP contribution is 2.07. The summed E-state index contributed by atoms with van der Waals surface area (Å²) in [6, 6.07) is 0. The first kappa shape index (κ1) is 18.1. The number of amides is 1. The van der Waals surface area contributed by atoms with Crippen molar-refractivity contribution < 1.29 is 15.0 Å². The van der Waals surface area contributed by atoms with Crippen LogP contribution in [0.15, 0.2) is 12.2 Å². The Morgan fingerprint density at radius 2 is 1.58 bits per heavy atom. The van der Waals surface area contributed by atoms with Gasteiger partial charge in [-0.05, 0) is 18.9 Å². The predicted molar refractivity (Wildman–Crippen MR) is 77.9 cm³/mol. The van der Waals surface area contributed by atoms with Gasteiger partial charge in [0.25, 0.3) is 0 Å². The second-order valence-electron chi connectivity index (χ2n) is 4.73. The molecule has 1 amide bonds. The topological polar surface area (TPSA) is 60.8 Å². The average Bonchev–Trinajstić information content (AvgIpc) is 2.41. The van der Waals surface area contributed by atoms with E-state index >= 15 is 0 Å². The first-order valence-electron chi connectivity index (χ1n) is 7.43. The fraction of sp³-hybridized carbons (Fsp3) is 0.800. The molecule has 0 aliphatic rings. The van der Waals surface area contributed by atoms with Crippen LogP contribution in [0.2, 0.25) is 0 Å². The molecule has 0 aromatic rings. The molecule has 4 nitrogen and oxygen atoms in total. The van der Waals surface area contributed by atoms with E-state index in [1.807, 2.05) is 6.08 Å². The lowest BCUT2D eigenvalue weighted by Gasteiger charge is -2.18. The van der Waals surface area contributed by atoms with E-state index in [1.165, 1.54) is 37.0 Å². The van der Waals surface area contributed by atoms with Crippen LogP contribution in [-0.4, -0.2) is 47.3 Å². The van der Waals surface area contributed by atoms with E-state index in [4.69, 9.17) is 10.2 Å². The average molecular weight is 271 g/mol. The van der Waals surface area contributed by atoms with Gasteiger partial charge in [-0.1, -0.05) is 45.1 Å². The molecule has 0 unspecified atom stereocenters. The SMILES string of the molecule is CCCCCCCCC=CC(=O)N(CCO)CCO. The summed E-state index contributed by atoms with van der Waals surface area (Å²) in [5.41, 5.74) is 0. The highest BCUT2D eigenvalue weighted by Gasteiger charge is 2.08. The predicted octanol–water partition coefficient (Wildman–Crippen LogP) is 2.11. The number of nitrogens with zero attached hydrogens (tertiary/aromatic N) is 1. The standard InChI is InChI=1S/C15H29NO3/c1-2-3-4-5-6-7-8-9-10-15(19)16(11-13-17)12-14-18/h9-10,17-18H,2-8,11-14H2,1H3. The van der Waals surface area contributed by atoms with Crippen molar-refractivity contribution in [3.05, 3.63) is 12.2 Å². The molecule has 0 rings (SSSR count). The summed E-state index contributed by atoms with van der Waals surface area (Å²) < 4.78 is 0. The quantitative estimate of drug-likeness (QED) is 0.422. The molecule has 0 bridgehead atoms. The molecule has 0 aliphatic carbocycles. The van der Waals surface area contributed by atoms with Crippen molar-refractivity contribution in [2.45, 2.75) is 51.9 Å². The summed E-state index contributed by atoms with van der Waals surface area (Å²) in [5.74, 6) is -0.130. The van der Waals surface area contributed by atoms with E-state index in [-0.39, 0.29) is 32.2 Å². The van der Waals surface area contributed by atoms with E-state index in [0.29, 0.717) is 0 Å². The van der Waals surface area contributed by atoms with Gasteiger partial charge in [-0.2, -0.15) is 0 Å². The molecule has 0 aromatic heterocycles. The summed E-state index contributed by atoms with van der Waals surface area (Å²) in [4.78, 5) is 13.2. The Morgan fingerprint density at radius 1 is 1.00 bits per heavy atom. The molecule has 112 valence electrons. The van der Waals surface area contributed by atoms with Gasteiger partial charge < -0.3 is 15.1 Å². The summed E-state index contributed by atoms with van der Waals surface area (Å²) in [6.07, 6.45) is 11.9. The van der Waals surface area contributed by atoms with Gasteiger partial charge in [-0.25, -0.2) is 0 Å². The maximum absolute atomic E-state index is 11.7. The number of aliphatic hydroxyl groups excluding tert-OH is 2. The van der Waals surface area contributed by atoms with E-state index in [1.54, 1.807) is 6.08 Å². The second kappa shape index (κ2) is 13.6. The van der Waals surface area contributed by atoms with Crippen LogP contribution in [0.4, 0.5) is 0 Å². The van der Waals surface area contributed by atoms with Crippen LogP contribution < -0.4 is 0 Å². The van der Waals surface area contributed by atoms with Gasteiger partial charge >= 0.3 is 0 Å². The first-order valence-corrected chi connectivity index (χ1v) is 7.43. The number of allylic oxidation sites excluding steroid dienone is 1. The molecule has 0 radical (unpaired) electrons. The third-order valence-electron chi connectivity index (χ3n) is 3.04. The highest BCUT2D eigenvalue weighted by atomic mass is 16.3. The third-order valence-corrected chi connectivity index (χ3v) is 3.04. The van der Waals surface area contributed by atoms with Crippen molar-refractivity contribution in [1.82, 2.24) is 4.90 Å². The van der Waals surface area contributed by atoms with E-state index in [2.05, 4.69) is 6.92 Å². The Kier molecular flexibility index (Phi) is 12.9. The van der Waals surface area contributed by atoms with Crippen molar-refractivity contribution in [2.24, 2.45) is 0 Å². The lowest BCUT2D eigenvalue weighted by molar-refractivity contribution is -0.127. The molecule has 0 spiro atoms. The number of hydrogen-bond acceptors (Lipinski definition) is 3. The molecule has 0 fully saturated rings.